The third-order valence-corrected chi connectivity index (χ3v) is 7.09. The van der Waals surface area contributed by atoms with Crippen molar-refractivity contribution in [3.63, 3.8) is 0 Å². The number of aromatic carboxylic acids is 1. The lowest BCUT2D eigenvalue weighted by Crippen LogP contribution is -2.40. The van der Waals surface area contributed by atoms with Crippen LogP contribution in [0.4, 0.5) is 5.69 Å². The van der Waals surface area contributed by atoms with Crippen LogP contribution < -0.4 is 5.01 Å². The predicted molar refractivity (Wildman–Crippen MR) is 116 cm³/mol. The van der Waals surface area contributed by atoms with Crippen molar-refractivity contribution in [1.82, 2.24) is 0 Å². The molecule has 0 saturated heterocycles. The number of rotatable bonds is 3. The lowest BCUT2D eigenvalue weighted by molar-refractivity contribution is 0.0696. The molecule has 5 heteroatoms. The summed E-state index contributed by atoms with van der Waals surface area (Å²) in [5.41, 5.74) is 6.37. The van der Waals surface area contributed by atoms with Gasteiger partial charge in [-0.1, -0.05) is 18.9 Å². The number of benzene rings is 2. The highest BCUT2D eigenvalue weighted by molar-refractivity contribution is 6.07. The zero-order chi connectivity index (χ0) is 20.8. The molecule has 0 radical (unpaired) electrons. The van der Waals surface area contributed by atoms with Crippen LogP contribution in [0.2, 0.25) is 0 Å². The van der Waals surface area contributed by atoms with E-state index in [4.69, 9.17) is 5.10 Å². The van der Waals surface area contributed by atoms with Gasteiger partial charge in [0.05, 0.1) is 34.6 Å². The summed E-state index contributed by atoms with van der Waals surface area (Å²) in [6.07, 6.45) is 6.93. The van der Waals surface area contributed by atoms with E-state index in [1.807, 2.05) is 31.2 Å². The molecule has 2 aromatic carbocycles. The zero-order valence-electron chi connectivity index (χ0n) is 17.1. The van der Waals surface area contributed by atoms with Crippen LogP contribution in [0.15, 0.2) is 41.5 Å². The van der Waals surface area contributed by atoms with Gasteiger partial charge >= 0.3 is 5.97 Å². The van der Waals surface area contributed by atoms with E-state index in [2.05, 4.69) is 17.1 Å². The summed E-state index contributed by atoms with van der Waals surface area (Å²) in [5.74, 6) is 0.103. The highest BCUT2D eigenvalue weighted by Gasteiger charge is 2.45. The molecule has 1 fully saturated rings. The quantitative estimate of drug-likeness (QED) is 0.795. The molecule has 1 saturated carbocycles. The SMILES string of the molecule is Cc1cc(N2N=C3c4ccc(C(=O)O)cc4CC[C@@H]3[C@@H]2C2CCCC2)ccc1C#N. The van der Waals surface area contributed by atoms with Gasteiger partial charge in [0.1, 0.15) is 0 Å². The zero-order valence-corrected chi connectivity index (χ0v) is 17.1. The van der Waals surface area contributed by atoms with Crippen LogP contribution in [0, 0.1) is 30.1 Å². The molecule has 0 spiro atoms. The molecule has 0 aromatic heterocycles. The largest absolute Gasteiger partial charge is 0.478 e. The van der Waals surface area contributed by atoms with Crippen LogP contribution in [0.1, 0.15) is 64.7 Å². The first-order valence-electron chi connectivity index (χ1n) is 10.8. The number of fused-ring (bicyclic) bond motifs is 3. The van der Waals surface area contributed by atoms with Gasteiger partial charge in [-0.2, -0.15) is 10.4 Å². The van der Waals surface area contributed by atoms with E-state index in [-0.39, 0.29) is 0 Å². The Morgan fingerprint density at radius 3 is 2.67 bits per heavy atom. The molecular weight excluding hydrogens is 374 g/mol. The second-order valence-electron chi connectivity index (χ2n) is 8.80. The molecule has 152 valence electrons. The number of hydrogen-bond donors (Lipinski definition) is 1. The van der Waals surface area contributed by atoms with Crippen LogP contribution >= 0.6 is 0 Å². The molecule has 0 unspecified atom stereocenters. The average Bonchev–Trinajstić information content (AvgIpc) is 3.40. The Bertz CT molecular complexity index is 1090. The Morgan fingerprint density at radius 2 is 1.97 bits per heavy atom. The normalized spacial score (nSPS) is 22.9. The van der Waals surface area contributed by atoms with Crippen molar-refractivity contribution in [2.24, 2.45) is 16.9 Å². The molecular formula is C25H25N3O2. The van der Waals surface area contributed by atoms with Gasteiger partial charge in [-0.25, -0.2) is 4.79 Å². The van der Waals surface area contributed by atoms with Gasteiger partial charge in [0.15, 0.2) is 0 Å². The second-order valence-corrected chi connectivity index (χ2v) is 8.80. The van der Waals surface area contributed by atoms with Crippen LogP contribution in [0.25, 0.3) is 0 Å². The predicted octanol–water partition coefficient (Wildman–Crippen LogP) is 4.91. The van der Waals surface area contributed by atoms with E-state index in [0.29, 0.717) is 29.0 Å². The number of carboxylic acid groups (broad SMARTS) is 1. The lowest BCUT2D eigenvalue weighted by atomic mass is 9.75. The van der Waals surface area contributed by atoms with Gasteiger partial charge in [-0.15, -0.1) is 0 Å². The number of carboxylic acids is 1. The first kappa shape index (κ1) is 18.9. The first-order valence-corrected chi connectivity index (χ1v) is 10.8. The van der Waals surface area contributed by atoms with Crippen molar-refractivity contribution < 1.29 is 9.90 Å². The minimum Gasteiger partial charge on any atom is -0.478 e. The molecule has 5 rings (SSSR count). The Balaban J connectivity index is 1.59. The Hall–Kier alpha value is -3.13. The van der Waals surface area contributed by atoms with Gasteiger partial charge in [-0.3, -0.25) is 5.01 Å². The van der Waals surface area contributed by atoms with Crippen molar-refractivity contribution in [3.8, 4) is 6.07 Å². The van der Waals surface area contributed by atoms with E-state index >= 15 is 0 Å². The fourth-order valence-corrected chi connectivity index (χ4v) is 5.62. The summed E-state index contributed by atoms with van der Waals surface area (Å²) in [5, 5.41) is 26.0. The minimum atomic E-state index is -0.883. The third kappa shape index (κ3) is 2.99. The third-order valence-electron chi connectivity index (χ3n) is 7.09. The highest BCUT2D eigenvalue weighted by Crippen LogP contribution is 2.45. The number of aryl methyl sites for hydroxylation is 2. The molecule has 1 N–H and O–H groups in total. The first-order chi connectivity index (χ1) is 14.6. The Kier molecular flexibility index (Phi) is 4.58. The minimum absolute atomic E-state index is 0.335. The molecule has 0 amide bonds. The molecule has 1 aliphatic heterocycles. The number of carbonyl (C=O) groups is 1. The van der Waals surface area contributed by atoms with Crippen molar-refractivity contribution in [2.45, 2.75) is 51.5 Å². The smallest absolute Gasteiger partial charge is 0.335 e. The molecule has 2 atom stereocenters. The molecule has 0 bridgehead atoms. The van der Waals surface area contributed by atoms with Gasteiger partial charge in [-0.05, 0) is 80.0 Å². The molecule has 5 nitrogen and oxygen atoms in total. The number of hydrogen-bond acceptors (Lipinski definition) is 4. The van der Waals surface area contributed by atoms with Crippen molar-refractivity contribution in [1.29, 1.82) is 5.26 Å². The van der Waals surface area contributed by atoms with E-state index in [1.54, 1.807) is 6.07 Å². The summed E-state index contributed by atoms with van der Waals surface area (Å²) in [7, 11) is 0. The second kappa shape index (κ2) is 7.28. The van der Waals surface area contributed by atoms with E-state index < -0.39 is 5.97 Å². The van der Waals surface area contributed by atoms with Crippen molar-refractivity contribution in [3.05, 3.63) is 64.2 Å². The fourth-order valence-electron chi connectivity index (χ4n) is 5.62. The van der Waals surface area contributed by atoms with Crippen LogP contribution in [0.3, 0.4) is 0 Å². The van der Waals surface area contributed by atoms with E-state index in [9.17, 15) is 15.2 Å². The number of nitriles is 1. The standard InChI is InChI=1S/C25H25N3O2/c1-15-12-20(9-6-19(15)14-26)28-24(16-4-2-3-5-16)22-11-7-17-13-18(25(29)30)8-10-21(17)23(22)27-28/h6,8-10,12-13,16,22,24H,2-5,7,11H2,1H3,(H,29,30)/t22-,24-/m0/s1. The summed E-state index contributed by atoms with van der Waals surface area (Å²) >= 11 is 0. The van der Waals surface area contributed by atoms with Gasteiger partial charge in [0, 0.05) is 11.5 Å². The molecule has 30 heavy (non-hydrogen) atoms. The Morgan fingerprint density at radius 1 is 1.17 bits per heavy atom. The van der Waals surface area contributed by atoms with Crippen LogP contribution in [0.5, 0.6) is 0 Å². The van der Waals surface area contributed by atoms with E-state index in [0.717, 1.165) is 40.9 Å². The number of nitrogens with zero attached hydrogens (tertiary/aromatic N) is 3. The molecule has 2 aliphatic carbocycles. The summed E-state index contributed by atoms with van der Waals surface area (Å²) in [6, 6.07) is 14.0. The summed E-state index contributed by atoms with van der Waals surface area (Å²) < 4.78 is 0. The highest BCUT2D eigenvalue weighted by atomic mass is 16.4. The van der Waals surface area contributed by atoms with Crippen molar-refractivity contribution >= 4 is 17.4 Å². The lowest BCUT2D eigenvalue weighted by Gasteiger charge is -2.34. The van der Waals surface area contributed by atoms with Crippen LogP contribution in [-0.4, -0.2) is 22.8 Å². The molecule has 1 heterocycles. The summed E-state index contributed by atoms with van der Waals surface area (Å²) in [6.45, 7) is 1.98. The van der Waals surface area contributed by atoms with E-state index in [1.165, 1.54) is 25.7 Å². The average molecular weight is 399 g/mol. The number of hydrazone groups is 1. The van der Waals surface area contributed by atoms with Gasteiger partial charge < -0.3 is 5.11 Å². The summed E-state index contributed by atoms with van der Waals surface area (Å²) in [4.78, 5) is 11.4. The Labute approximate surface area is 176 Å². The molecule has 2 aromatic rings. The monoisotopic (exact) mass is 399 g/mol. The number of anilines is 1. The maximum absolute atomic E-state index is 11.4. The molecule has 3 aliphatic rings. The fraction of sp³-hybridized carbons (Fsp3) is 0.400. The van der Waals surface area contributed by atoms with Crippen LogP contribution in [-0.2, 0) is 6.42 Å². The maximum Gasteiger partial charge on any atom is 0.335 e. The van der Waals surface area contributed by atoms with Crippen molar-refractivity contribution in [2.75, 3.05) is 5.01 Å². The van der Waals surface area contributed by atoms with Gasteiger partial charge in [0.2, 0.25) is 0 Å². The maximum atomic E-state index is 11.4. The topological polar surface area (TPSA) is 76.7 Å². The van der Waals surface area contributed by atoms with Gasteiger partial charge in [0.25, 0.3) is 0 Å².